The monoisotopic (exact) mass is 469 g/mol. The number of urea groups is 1. The van der Waals surface area contributed by atoms with Gasteiger partial charge in [0.1, 0.15) is 0 Å². The maximum Gasteiger partial charge on any atom is 0.341 e. The van der Waals surface area contributed by atoms with Gasteiger partial charge in [-0.15, -0.1) is 0 Å². The summed E-state index contributed by atoms with van der Waals surface area (Å²) in [6.45, 7) is 0. The number of rotatable bonds is 3. The molecule has 0 spiro atoms. The lowest BCUT2D eigenvalue weighted by Crippen LogP contribution is -2.42. The number of carbonyl (C=O) groups is 2. The highest BCUT2D eigenvalue weighted by Gasteiger charge is 2.45. The van der Waals surface area contributed by atoms with Gasteiger partial charge in [0.2, 0.25) is 5.91 Å². The van der Waals surface area contributed by atoms with Crippen LogP contribution < -0.4 is 10.7 Å². The number of nitrogens with zero attached hydrogens (tertiary/aromatic N) is 1. The fourth-order valence-corrected chi connectivity index (χ4v) is 3.93. The molecule has 4 rings (SSSR count). The van der Waals surface area contributed by atoms with E-state index in [1.165, 1.54) is 5.01 Å². The van der Waals surface area contributed by atoms with Crippen LogP contribution in [0, 0.1) is 0 Å². The highest BCUT2D eigenvalue weighted by Crippen LogP contribution is 2.40. The van der Waals surface area contributed by atoms with Crippen molar-refractivity contribution in [1.82, 2.24) is 10.4 Å². The quantitative estimate of drug-likeness (QED) is 0.530. The first kappa shape index (κ1) is 19.5. The van der Waals surface area contributed by atoms with Crippen LogP contribution in [0.5, 0.6) is 0 Å². The predicted octanol–water partition coefficient (Wildman–Crippen LogP) is 5.51. The molecule has 0 radical (unpaired) electrons. The maximum absolute atomic E-state index is 13.0. The van der Waals surface area contributed by atoms with Gasteiger partial charge in [0.15, 0.2) is 0 Å². The summed E-state index contributed by atoms with van der Waals surface area (Å²) >= 11 is 9.57. The summed E-state index contributed by atoms with van der Waals surface area (Å²) in [6.07, 6.45) is 0. The van der Waals surface area contributed by atoms with E-state index in [4.69, 9.17) is 11.6 Å². The Morgan fingerprint density at radius 3 is 2.34 bits per heavy atom. The fraction of sp³-hybridized carbons (Fsp3) is 0.0909. The van der Waals surface area contributed by atoms with E-state index in [9.17, 15) is 9.59 Å². The van der Waals surface area contributed by atoms with Gasteiger partial charge in [-0.25, -0.2) is 9.80 Å². The number of amides is 3. The number of hydrogen-bond donors (Lipinski definition) is 2. The van der Waals surface area contributed by atoms with Crippen LogP contribution in [-0.4, -0.2) is 16.9 Å². The van der Waals surface area contributed by atoms with E-state index in [1.807, 2.05) is 54.6 Å². The van der Waals surface area contributed by atoms with E-state index in [0.29, 0.717) is 10.7 Å². The first-order valence-electron chi connectivity index (χ1n) is 8.99. The smallest absolute Gasteiger partial charge is 0.306 e. The number of hydrogen-bond acceptors (Lipinski definition) is 2. The molecule has 2 N–H and O–H groups in total. The third-order valence-electron chi connectivity index (χ3n) is 4.77. The van der Waals surface area contributed by atoms with Gasteiger partial charge in [-0.3, -0.25) is 10.2 Å². The van der Waals surface area contributed by atoms with Crippen molar-refractivity contribution in [3.63, 3.8) is 0 Å². The largest absolute Gasteiger partial charge is 0.341 e. The zero-order chi connectivity index (χ0) is 20.4. The summed E-state index contributed by atoms with van der Waals surface area (Å²) < 4.78 is 0.908. The number of anilines is 1. The molecule has 0 aliphatic carbocycles. The van der Waals surface area contributed by atoms with Crippen LogP contribution >= 0.6 is 27.5 Å². The van der Waals surface area contributed by atoms with Crippen molar-refractivity contribution in [3.8, 4) is 0 Å². The standard InChI is InChI=1S/C22H17BrClN3O2/c23-16-9-11-18(12-10-16)25-22(29)27-20(15-7-4-8-17(24)13-15)19(21(28)26-27)14-5-2-1-3-6-14/h1-13,19-20H,(H,25,29)(H,26,28). The molecule has 2 atom stereocenters. The molecule has 1 saturated heterocycles. The van der Waals surface area contributed by atoms with Crippen molar-refractivity contribution in [2.24, 2.45) is 0 Å². The van der Waals surface area contributed by atoms with Crippen LogP contribution in [0.3, 0.4) is 0 Å². The first-order chi connectivity index (χ1) is 14.0. The molecular weight excluding hydrogens is 454 g/mol. The molecule has 3 aromatic carbocycles. The highest BCUT2D eigenvalue weighted by atomic mass is 79.9. The summed E-state index contributed by atoms with van der Waals surface area (Å²) in [5.41, 5.74) is 4.96. The van der Waals surface area contributed by atoms with Crippen LogP contribution in [-0.2, 0) is 4.79 Å². The lowest BCUT2D eigenvalue weighted by molar-refractivity contribution is -0.121. The molecule has 1 heterocycles. The van der Waals surface area contributed by atoms with E-state index >= 15 is 0 Å². The van der Waals surface area contributed by atoms with Crippen LogP contribution in [0.4, 0.5) is 10.5 Å². The Bertz CT molecular complexity index is 1040. The van der Waals surface area contributed by atoms with Gasteiger partial charge < -0.3 is 5.32 Å². The van der Waals surface area contributed by atoms with E-state index in [0.717, 1.165) is 15.6 Å². The van der Waals surface area contributed by atoms with Crippen molar-refractivity contribution in [3.05, 3.63) is 99.5 Å². The number of carbonyl (C=O) groups excluding carboxylic acids is 2. The normalized spacial score (nSPS) is 18.4. The Kier molecular flexibility index (Phi) is 5.56. The van der Waals surface area contributed by atoms with Crippen LogP contribution in [0.15, 0.2) is 83.3 Å². The van der Waals surface area contributed by atoms with Crippen molar-refractivity contribution in [2.45, 2.75) is 12.0 Å². The minimum Gasteiger partial charge on any atom is -0.306 e. The SMILES string of the molecule is O=C1NN(C(=O)Nc2ccc(Br)cc2)C(c2cccc(Cl)c2)C1c1ccccc1. The Labute approximate surface area is 181 Å². The van der Waals surface area contributed by atoms with Crippen LogP contribution in [0.1, 0.15) is 23.1 Å². The van der Waals surface area contributed by atoms with Crippen molar-refractivity contribution in [2.75, 3.05) is 5.32 Å². The van der Waals surface area contributed by atoms with E-state index in [2.05, 4.69) is 26.7 Å². The minimum atomic E-state index is -0.551. The third kappa shape index (κ3) is 4.13. The fourth-order valence-electron chi connectivity index (χ4n) is 3.47. The number of benzene rings is 3. The number of nitrogens with one attached hydrogen (secondary N) is 2. The molecule has 1 fully saturated rings. The van der Waals surface area contributed by atoms with Crippen LogP contribution in [0.25, 0.3) is 0 Å². The minimum absolute atomic E-state index is 0.243. The van der Waals surface area contributed by atoms with Gasteiger partial charge >= 0.3 is 6.03 Å². The lowest BCUT2D eigenvalue weighted by atomic mass is 9.87. The van der Waals surface area contributed by atoms with Gasteiger partial charge in [-0.05, 0) is 47.5 Å². The molecule has 1 aliphatic heterocycles. The summed E-state index contributed by atoms with van der Waals surface area (Å²) in [6, 6.07) is 22.9. The summed E-state index contributed by atoms with van der Waals surface area (Å²) in [7, 11) is 0. The molecule has 1 aliphatic rings. The highest BCUT2D eigenvalue weighted by molar-refractivity contribution is 9.10. The zero-order valence-electron chi connectivity index (χ0n) is 15.2. The molecule has 0 aromatic heterocycles. The second-order valence-corrected chi connectivity index (χ2v) is 8.02. The Morgan fingerprint density at radius 1 is 0.966 bits per heavy atom. The van der Waals surface area contributed by atoms with Gasteiger partial charge in [0.25, 0.3) is 0 Å². The molecule has 3 amide bonds. The Hall–Kier alpha value is -2.83. The molecule has 0 bridgehead atoms. The van der Waals surface area contributed by atoms with Gasteiger partial charge in [0.05, 0.1) is 12.0 Å². The van der Waals surface area contributed by atoms with Crippen molar-refractivity contribution >= 4 is 45.2 Å². The van der Waals surface area contributed by atoms with E-state index < -0.39 is 18.0 Å². The molecule has 0 saturated carbocycles. The second-order valence-electron chi connectivity index (χ2n) is 6.67. The molecule has 146 valence electrons. The van der Waals surface area contributed by atoms with Gasteiger partial charge in [-0.1, -0.05) is 70.0 Å². The zero-order valence-corrected chi connectivity index (χ0v) is 17.5. The topological polar surface area (TPSA) is 61.4 Å². The van der Waals surface area contributed by atoms with Crippen molar-refractivity contribution < 1.29 is 9.59 Å². The first-order valence-corrected chi connectivity index (χ1v) is 10.2. The van der Waals surface area contributed by atoms with Gasteiger partial charge in [-0.2, -0.15) is 0 Å². The molecule has 2 unspecified atom stereocenters. The van der Waals surface area contributed by atoms with E-state index in [-0.39, 0.29) is 5.91 Å². The molecule has 3 aromatic rings. The average Bonchev–Trinajstić information content (AvgIpc) is 3.08. The summed E-state index contributed by atoms with van der Waals surface area (Å²) in [5, 5.41) is 4.72. The molecule has 7 heteroatoms. The second kappa shape index (κ2) is 8.27. The molecule has 5 nitrogen and oxygen atoms in total. The van der Waals surface area contributed by atoms with Gasteiger partial charge in [0, 0.05) is 15.2 Å². The third-order valence-corrected chi connectivity index (χ3v) is 5.53. The number of halogens is 2. The Morgan fingerprint density at radius 2 is 1.66 bits per heavy atom. The average molecular weight is 471 g/mol. The summed E-state index contributed by atoms with van der Waals surface area (Å²) in [4.78, 5) is 25.9. The Balaban J connectivity index is 1.70. The van der Waals surface area contributed by atoms with E-state index in [1.54, 1.807) is 24.3 Å². The maximum atomic E-state index is 13.0. The van der Waals surface area contributed by atoms with Crippen LogP contribution in [0.2, 0.25) is 5.02 Å². The number of hydrazine groups is 1. The lowest BCUT2D eigenvalue weighted by Gasteiger charge is -2.26. The predicted molar refractivity (Wildman–Crippen MR) is 117 cm³/mol. The van der Waals surface area contributed by atoms with Crippen molar-refractivity contribution in [1.29, 1.82) is 0 Å². The molecule has 29 heavy (non-hydrogen) atoms. The summed E-state index contributed by atoms with van der Waals surface area (Å²) in [5.74, 6) is -0.794. The molecular formula is C22H17BrClN3O2.